The molecule has 0 aliphatic heterocycles. The van der Waals surface area contributed by atoms with Crippen LogP contribution in [-0.2, 0) is 6.67 Å². The summed E-state index contributed by atoms with van der Waals surface area (Å²) in [6.45, 7) is 8.68. The number of benzene rings is 1. The van der Waals surface area contributed by atoms with Crippen LogP contribution in [0.4, 0.5) is 4.39 Å². The third kappa shape index (κ3) is 2.59. The van der Waals surface area contributed by atoms with Crippen LogP contribution in [0.1, 0.15) is 51.7 Å². The van der Waals surface area contributed by atoms with Gasteiger partial charge in [-0.05, 0) is 41.9 Å². The molecule has 1 aliphatic rings. The van der Waals surface area contributed by atoms with Gasteiger partial charge in [0.1, 0.15) is 6.67 Å². The van der Waals surface area contributed by atoms with Gasteiger partial charge >= 0.3 is 0 Å². The van der Waals surface area contributed by atoms with Crippen LogP contribution in [0.25, 0.3) is 5.57 Å². The Labute approximate surface area is 122 Å². The third-order valence-electron chi connectivity index (χ3n) is 4.94. The smallest absolute Gasteiger partial charge is 0.115 e. The largest absolute Gasteiger partial charge is 0.246 e. The monoisotopic (exact) mass is 272 g/mol. The van der Waals surface area contributed by atoms with Crippen LogP contribution in [0.15, 0.2) is 42.0 Å². The molecule has 2 unspecified atom stereocenters. The maximum Gasteiger partial charge on any atom is 0.115 e. The molecule has 0 spiro atoms. The predicted molar refractivity (Wildman–Crippen MR) is 85.2 cm³/mol. The molecule has 20 heavy (non-hydrogen) atoms. The highest BCUT2D eigenvalue weighted by Crippen LogP contribution is 2.48. The van der Waals surface area contributed by atoms with Gasteiger partial charge in [0.05, 0.1) is 0 Å². The Bertz CT molecular complexity index is 521. The average Bonchev–Trinajstić information content (AvgIpc) is 2.48. The van der Waals surface area contributed by atoms with Crippen LogP contribution in [0.2, 0.25) is 0 Å². The second-order valence-corrected chi connectivity index (χ2v) is 6.07. The number of hydrogen-bond donors (Lipinski definition) is 0. The van der Waals surface area contributed by atoms with Crippen molar-refractivity contribution in [3.8, 4) is 0 Å². The van der Waals surface area contributed by atoms with Crippen LogP contribution in [0, 0.1) is 11.3 Å². The van der Waals surface area contributed by atoms with Crippen LogP contribution in [-0.4, -0.2) is 0 Å². The summed E-state index contributed by atoms with van der Waals surface area (Å²) in [5.74, 6) is 0.440. The molecule has 1 aromatic carbocycles. The first-order valence-corrected chi connectivity index (χ1v) is 7.57. The highest BCUT2D eigenvalue weighted by Gasteiger charge is 2.34. The van der Waals surface area contributed by atoms with Crippen molar-refractivity contribution in [2.45, 2.75) is 47.2 Å². The maximum atomic E-state index is 12.6. The predicted octanol–water partition coefficient (Wildman–Crippen LogP) is 5.94. The van der Waals surface area contributed by atoms with Crippen LogP contribution < -0.4 is 0 Å². The van der Waals surface area contributed by atoms with Crippen LogP contribution in [0.3, 0.4) is 0 Å². The molecule has 0 N–H and O–H groups in total. The molecule has 0 heterocycles. The summed E-state index contributed by atoms with van der Waals surface area (Å²) in [6, 6.07) is 7.90. The van der Waals surface area contributed by atoms with E-state index in [2.05, 4.69) is 52.0 Å². The normalized spacial score (nSPS) is 28.6. The quantitative estimate of drug-likeness (QED) is 0.597. The van der Waals surface area contributed by atoms with Crippen molar-refractivity contribution in [2.75, 3.05) is 0 Å². The zero-order valence-corrected chi connectivity index (χ0v) is 13.0. The van der Waals surface area contributed by atoms with Crippen molar-refractivity contribution < 1.29 is 4.39 Å². The van der Waals surface area contributed by atoms with Crippen molar-refractivity contribution in [3.63, 3.8) is 0 Å². The Morgan fingerprint density at radius 2 is 1.95 bits per heavy atom. The lowest BCUT2D eigenvalue weighted by Crippen LogP contribution is -2.26. The van der Waals surface area contributed by atoms with E-state index in [1.165, 1.54) is 23.1 Å². The average molecular weight is 272 g/mol. The van der Waals surface area contributed by atoms with Crippen molar-refractivity contribution >= 4 is 5.57 Å². The number of alkyl halides is 1. The molecule has 0 fully saturated rings. The zero-order chi connectivity index (χ0) is 14.8. The fourth-order valence-corrected chi connectivity index (χ4v) is 3.42. The lowest BCUT2D eigenvalue weighted by Gasteiger charge is -2.39. The maximum absolute atomic E-state index is 12.6. The van der Waals surface area contributed by atoms with Gasteiger partial charge in [0, 0.05) is 5.92 Å². The topological polar surface area (TPSA) is 0 Å². The molecule has 0 saturated carbocycles. The first kappa shape index (κ1) is 15.0. The lowest BCUT2D eigenvalue weighted by molar-refractivity contribution is 0.352. The Balaban J connectivity index is 2.37. The molecule has 0 bridgehead atoms. The Morgan fingerprint density at radius 1 is 1.30 bits per heavy atom. The van der Waals surface area contributed by atoms with Crippen molar-refractivity contribution in [1.82, 2.24) is 0 Å². The van der Waals surface area contributed by atoms with Gasteiger partial charge < -0.3 is 0 Å². The SMILES string of the molecule is C/C=C1/C(C)C(c2ccc(CF)cc2)=CCC1(C)CC. The summed E-state index contributed by atoms with van der Waals surface area (Å²) in [4.78, 5) is 0. The molecule has 1 aromatic rings. The Morgan fingerprint density at radius 3 is 2.45 bits per heavy atom. The van der Waals surface area contributed by atoms with Gasteiger partial charge in [-0.25, -0.2) is 4.39 Å². The lowest BCUT2D eigenvalue weighted by atomic mass is 9.65. The van der Waals surface area contributed by atoms with Gasteiger partial charge in [-0.2, -0.15) is 0 Å². The zero-order valence-electron chi connectivity index (χ0n) is 13.0. The third-order valence-corrected chi connectivity index (χ3v) is 4.94. The summed E-state index contributed by atoms with van der Waals surface area (Å²) >= 11 is 0. The van der Waals surface area contributed by atoms with E-state index >= 15 is 0 Å². The van der Waals surface area contributed by atoms with E-state index in [0.717, 1.165) is 12.0 Å². The summed E-state index contributed by atoms with van der Waals surface area (Å²) in [6.07, 6.45) is 6.93. The molecule has 0 radical (unpaired) electrons. The first-order chi connectivity index (χ1) is 9.55. The van der Waals surface area contributed by atoms with Crippen molar-refractivity contribution in [1.29, 1.82) is 0 Å². The van der Waals surface area contributed by atoms with Crippen LogP contribution in [0.5, 0.6) is 0 Å². The van der Waals surface area contributed by atoms with Gasteiger partial charge in [-0.3, -0.25) is 0 Å². The minimum absolute atomic E-state index is 0.288. The highest BCUT2D eigenvalue weighted by atomic mass is 19.1. The molecular formula is C19H25F. The van der Waals surface area contributed by atoms with Crippen molar-refractivity contribution in [2.24, 2.45) is 11.3 Å². The van der Waals surface area contributed by atoms with Gasteiger partial charge in [0.2, 0.25) is 0 Å². The summed E-state index contributed by atoms with van der Waals surface area (Å²) < 4.78 is 12.6. The van der Waals surface area contributed by atoms with E-state index in [9.17, 15) is 4.39 Å². The molecule has 1 aliphatic carbocycles. The first-order valence-electron chi connectivity index (χ1n) is 7.57. The van der Waals surface area contributed by atoms with Crippen molar-refractivity contribution in [3.05, 3.63) is 53.1 Å². The second kappa shape index (κ2) is 5.95. The number of hydrogen-bond acceptors (Lipinski definition) is 0. The van der Waals surface area contributed by atoms with E-state index in [4.69, 9.17) is 0 Å². The molecule has 0 aromatic heterocycles. The molecule has 2 rings (SSSR count). The van der Waals surface area contributed by atoms with Gasteiger partial charge in [0.15, 0.2) is 0 Å². The van der Waals surface area contributed by atoms with Gasteiger partial charge in [-0.1, -0.05) is 62.8 Å². The fourth-order valence-electron chi connectivity index (χ4n) is 3.42. The Hall–Kier alpha value is -1.37. The molecular weight excluding hydrogens is 247 g/mol. The minimum atomic E-state index is -0.386. The standard InChI is InChI=1S/C19H25F/c1-5-18-14(3)17(11-12-19(18,4)6-2)16-9-7-15(13-20)8-10-16/h5,7-11,14H,6,12-13H2,1-4H3/b18-5-. The van der Waals surface area contributed by atoms with Gasteiger partial charge in [-0.15, -0.1) is 0 Å². The summed E-state index contributed by atoms with van der Waals surface area (Å²) in [7, 11) is 0. The van der Waals surface area contributed by atoms with E-state index in [1.807, 2.05) is 12.1 Å². The highest BCUT2D eigenvalue weighted by molar-refractivity contribution is 5.71. The minimum Gasteiger partial charge on any atom is -0.246 e. The van der Waals surface area contributed by atoms with Crippen LogP contribution >= 0.6 is 0 Å². The second-order valence-electron chi connectivity index (χ2n) is 6.07. The number of rotatable bonds is 3. The molecule has 1 heteroatoms. The summed E-state index contributed by atoms with van der Waals surface area (Å²) in [5.41, 5.74) is 5.19. The van der Waals surface area contributed by atoms with E-state index < -0.39 is 0 Å². The van der Waals surface area contributed by atoms with E-state index in [-0.39, 0.29) is 12.1 Å². The van der Waals surface area contributed by atoms with E-state index in [0.29, 0.717) is 5.92 Å². The number of halogens is 1. The molecule has 0 nitrogen and oxygen atoms in total. The molecule has 2 atom stereocenters. The molecule has 108 valence electrons. The molecule has 0 amide bonds. The summed E-state index contributed by atoms with van der Waals surface area (Å²) in [5, 5.41) is 0. The molecule has 0 saturated heterocycles. The van der Waals surface area contributed by atoms with E-state index in [1.54, 1.807) is 0 Å². The number of allylic oxidation sites excluding steroid dienone is 4. The fraction of sp³-hybridized carbons (Fsp3) is 0.474. The Kier molecular flexibility index (Phi) is 4.47. The van der Waals surface area contributed by atoms with Gasteiger partial charge in [0.25, 0.3) is 0 Å².